The number of hydrogen-bond donors (Lipinski definition) is 2. The molecule has 0 unspecified atom stereocenters. The van der Waals surface area contributed by atoms with Gasteiger partial charge in [-0.25, -0.2) is 13.1 Å². The van der Waals surface area contributed by atoms with Crippen LogP contribution in [0.5, 0.6) is 0 Å². The lowest BCUT2D eigenvalue weighted by Gasteiger charge is -2.25. The van der Waals surface area contributed by atoms with Gasteiger partial charge in [0.15, 0.2) is 0 Å². The molecule has 0 amide bonds. The first kappa shape index (κ1) is 16.4. The Hall–Kier alpha value is 0.0500. The summed E-state index contributed by atoms with van der Waals surface area (Å²) in [5.74, 6) is 0.716. The Morgan fingerprint density at radius 1 is 1.45 bits per heavy atom. The number of rotatable bonds is 8. The number of halogens is 1. The van der Waals surface area contributed by atoms with Crippen LogP contribution in [0.15, 0.2) is 14.7 Å². The Bertz CT molecular complexity index is 539. The normalized spacial score (nSPS) is 16.3. The molecule has 1 fully saturated rings. The van der Waals surface area contributed by atoms with Gasteiger partial charge in [-0.15, -0.1) is 11.3 Å². The molecule has 2 rings (SSSR count). The lowest BCUT2D eigenvalue weighted by atomic mass is 9.83. The molecule has 1 heterocycles. The van der Waals surface area contributed by atoms with Gasteiger partial charge in [-0.05, 0) is 40.9 Å². The van der Waals surface area contributed by atoms with Gasteiger partial charge in [0.2, 0.25) is 10.0 Å². The average Bonchev–Trinajstić information content (AvgIpc) is 2.72. The Morgan fingerprint density at radius 2 is 2.20 bits per heavy atom. The highest BCUT2D eigenvalue weighted by Crippen LogP contribution is 2.32. The highest BCUT2D eigenvalue weighted by Gasteiger charge is 2.22. The monoisotopic (exact) mass is 380 g/mol. The largest absolute Gasteiger partial charge is 0.312 e. The molecule has 114 valence electrons. The first-order valence-electron chi connectivity index (χ1n) is 7.01. The van der Waals surface area contributed by atoms with Gasteiger partial charge in [0.25, 0.3) is 0 Å². The Kier molecular flexibility index (Phi) is 6.04. The van der Waals surface area contributed by atoms with E-state index in [1.807, 2.05) is 6.92 Å². The summed E-state index contributed by atoms with van der Waals surface area (Å²) in [7, 11) is -3.39. The van der Waals surface area contributed by atoms with E-state index < -0.39 is 10.0 Å². The highest BCUT2D eigenvalue weighted by atomic mass is 79.9. The molecule has 0 spiro atoms. The van der Waals surface area contributed by atoms with Gasteiger partial charge < -0.3 is 5.32 Å². The van der Waals surface area contributed by atoms with Crippen LogP contribution in [0.3, 0.4) is 0 Å². The van der Waals surface area contributed by atoms with Crippen molar-refractivity contribution in [2.45, 2.75) is 44.0 Å². The maximum Gasteiger partial charge on any atom is 0.242 e. The summed E-state index contributed by atoms with van der Waals surface area (Å²) in [5.41, 5.74) is 0. The third-order valence-corrected chi connectivity index (χ3v) is 7.33. The van der Waals surface area contributed by atoms with Crippen molar-refractivity contribution in [3.63, 3.8) is 0 Å². The Balaban J connectivity index is 1.94. The van der Waals surface area contributed by atoms with Crippen LogP contribution in [0.25, 0.3) is 0 Å². The fourth-order valence-corrected chi connectivity index (χ4v) is 5.87. The van der Waals surface area contributed by atoms with Crippen molar-refractivity contribution in [1.82, 2.24) is 10.0 Å². The van der Waals surface area contributed by atoms with Crippen molar-refractivity contribution >= 4 is 37.3 Å². The van der Waals surface area contributed by atoms with E-state index in [2.05, 4.69) is 26.0 Å². The predicted molar refractivity (Wildman–Crippen MR) is 86.5 cm³/mol. The molecule has 20 heavy (non-hydrogen) atoms. The van der Waals surface area contributed by atoms with E-state index in [-0.39, 0.29) is 0 Å². The molecular weight excluding hydrogens is 360 g/mol. The molecule has 0 radical (unpaired) electrons. The zero-order chi connectivity index (χ0) is 14.6. The van der Waals surface area contributed by atoms with Gasteiger partial charge in [-0.1, -0.05) is 26.2 Å². The van der Waals surface area contributed by atoms with Crippen molar-refractivity contribution in [3.8, 4) is 0 Å². The zero-order valence-electron chi connectivity index (χ0n) is 11.6. The lowest BCUT2D eigenvalue weighted by molar-refractivity contribution is 0.297. The summed E-state index contributed by atoms with van der Waals surface area (Å²) in [6.45, 7) is 4.15. The van der Waals surface area contributed by atoms with Gasteiger partial charge in [-0.2, -0.15) is 0 Å². The molecule has 1 aliphatic rings. The first-order valence-corrected chi connectivity index (χ1v) is 10.1. The maximum atomic E-state index is 12.3. The summed E-state index contributed by atoms with van der Waals surface area (Å²) in [6.07, 6.45) is 4.74. The van der Waals surface area contributed by atoms with Gasteiger partial charge in [-0.3, -0.25) is 0 Å². The summed E-state index contributed by atoms with van der Waals surface area (Å²) < 4.78 is 27.9. The molecular formula is C13H21BrN2O2S2. The van der Waals surface area contributed by atoms with Crippen molar-refractivity contribution < 1.29 is 8.42 Å². The van der Waals surface area contributed by atoms with Crippen LogP contribution in [0.4, 0.5) is 0 Å². The minimum absolute atomic E-state index is 0.365. The molecule has 0 aliphatic heterocycles. The van der Waals surface area contributed by atoms with Crippen molar-refractivity contribution in [2.24, 2.45) is 5.92 Å². The highest BCUT2D eigenvalue weighted by molar-refractivity contribution is 9.11. The summed E-state index contributed by atoms with van der Waals surface area (Å²) in [4.78, 5) is 1.39. The molecule has 2 N–H and O–H groups in total. The zero-order valence-corrected chi connectivity index (χ0v) is 14.8. The van der Waals surface area contributed by atoms with E-state index in [0.29, 0.717) is 27.7 Å². The van der Waals surface area contributed by atoms with E-state index >= 15 is 0 Å². The molecule has 0 saturated heterocycles. The van der Waals surface area contributed by atoms with Crippen LogP contribution in [0.2, 0.25) is 0 Å². The predicted octanol–water partition coefficient (Wildman–Crippen LogP) is 3.09. The minimum Gasteiger partial charge on any atom is -0.312 e. The standard InChI is InChI=1S/C13H21BrN2O2S2/c1-2-15-9-11-8-12(13(14)19-11)20(17,18)16-7-6-10-4-3-5-10/h8,10,15-16H,2-7,9H2,1H3. The van der Waals surface area contributed by atoms with Crippen molar-refractivity contribution in [1.29, 1.82) is 0 Å². The van der Waals surface area contributed by atoms with E-state index in [1.165, 1.54) is 30.6 Å². The second-order valence-corrected chi connectivity index (χ2v) is 9.30. The van der Waals surface area contributed by atoms with Gasteiger partial charge in [0.05, 0.1) is 3.79 Å². The molecule has 1 aromatic heterocycles. The molecule has 0 aromatic carbocycles. The molecule has 0 bridgehead atoms. The molecule has 0 atom stereocenters. The van der Waals surface area contributed by atoms with E-state index in [9.17, 15) is 8.42 Å². The van der Waals surface area contributed by atoms with Gasteiger partial charge in [0, 0.05) is 18.0 Å². The van der Waals surface area contributed by atoms with Gasteiger partial charge in [0.1, 0.15) is 4.90 Å². The quantitative estimate of drug-likeness (QED) is 0.728. The van der Waals surface area contributed by atoms with Crippen LogP contribution in [-0.4, -0.2) is 21.5 Å². The van der Waals surface area contributed by atoms with Crippen LogP contribution in [-0.2, 0) is 16.6 Å². The third kappa shape index (κ3) is 4.27. The average molecular weight is 381 g/mol. The molecule has 7 heteroatoms. The van der Waals surface area contributed by atoms with E-state index in [0.717, 1.165) is 17.8 Å². The molecule has 1 aliphatic carbocycles. The number of nitrogens with one attached hydrogen (secondary N) is 2. The fourth-order valence-electron chi connectivity index (χ4n) is 2.17. The summed E-state index contributed by atoms with van der Waals surface area (Å²) in [6, 6.07) is 1.75. The number of hydrogen-bond acceptors (Lipinski definition) is 4. The Labute approximate surface area is 133 Å². The topological polar surface area (TPSA) is 58.2 Å². The number of sulfonamides is 1. The second-order valence-electron chi connectivity index (χ2n) is 5.11. The molecule has 1 saturated carbocycles. The fraction of sp³-hybridized carbons (Fsp3) is 0.692. The summed E-state index contributed by atoms with van der Waals surface area (Å²) in [5, 5.41) is 3.20. The Morgan fingerprint density at radius 3 is 2.80 bits per heavy atom. The summed E-state index contributed by atoms with van der Waals surface area (Å²) >= 11 is 4.83. The van der Waals surface area contributed by atoms with Crippen LogP contribution in [0, 0.1) is 5.92 Å². The lowest BCUT2D eigenvalue weighted by Crippen LogP contribution is -2.27. The SMILES string of the molecule is CCNCc1cc(S(=O)(=O)NCCC2CCC2)c(Br)s1. The number of thiophene rings is 1. The van der Waals surface area contributed by atoms with Crippen molar-refractivity contribution in [2.75, 3.05) is 13.1 Å². The molecule has 4 nitrogen and oxygen atoms in total. The molecule has 1 aromatic rings. The van der Waals surface area contributed by atoms with E-state index in [4.69, 9.17) is 0 Å². The smallest absolute Gasteiger partial charge is 0.242 e. The maximum absolute atomic E-state index is 12.3. The van der Waals surface area contributed by atoms with Crippen LogP contribution < -0.4 is 10.0 Å². The second kappa shape index (κ2) is 7.35. The third-order valence-electron chi connectivity index (χ3n) is 3.61. The van der Waals surface area contributed by atoms with Crippen molar-refractivity contribution in [3.05, 3.63) is 14.7 Å². The van der Waals surface area contributed by atoms with Crippen LogP contribution >= 0.6 is 27.3 Å². The van der Waals surface area contributed by atoms with Gasteiger partial charge >= 0.3 is 0 Å². The van der Waals surface area contributed by atoms with Crippen LogP contribution in [0.1, 0.15) is 37.5 Å². The first-order chi connectivity index (χ1) is 9.53. The van der Waals surface area contributed by atoms with E-state index in [1.54, 1.807) is 6.07 Å². The minimum atomic E-state index is -3.39.